The van der Waals surface area contributed by atoms with Gasteiger partial charge in [0.2, 0.25) is 0 Å². The number of hydrogen-bond acceptors (Lipinski definition) is 2. The predicted molar refractivity (Wildman–Crippen MR) is 55.2 cm³/mol. The number of aliphatic imine (C=N–C) groups is 1. The Balaban J connectivity index is 2.34. The van der Waals surface area contributed by atoms with Gasteiger partial charge in [0.1, 0.15) is 0 Å². The molecular formula is C10H9ClN2. The van der Waals surface area contributed by atoms with Crippen molar-refractivity contribution in [1.82, 2.24) is 4.98 Å². The monoisotopic (exact) mass is 192 g/mol. The molecule has 2 heterocycles. The van der Waals surface area contributed by atoms with Gasteiger partial charge in [0.15, 0.2) is 0 Å². The molecule has 0 saturated heterocycles. The minimum Gasteiger partial charge on any atom is -0.293 e. The molecule has 2 rings (SSSR count). The van der Waals surface area contributed by atoms with Crippen molar-refractivity contribution in [2.45, 2.75) is 6.42 Å². The van der Waals surface area contributed by atoms with Crippen molar-refractivity contribution in [3.63, 3.8) is 0 Å². The largest absolute Gasteiger partial charge is 0.293 e. The van der Waals surface area contributed by atoms with E-state index in [-0.39, 0.29) is 0 Å². The Morgan fingerprint density at radius 1 is 1.38 bits per heavy atom. The van der Waals surface area contributed by atoms with E-state index in [2.05, 4.69) is 9.98 Å². The molecule has 1 aromatic heterocycles. The summed E-state index contributed by atoms with van der Waals surface area (Å²) in [5, 5.41) is 0.730. The van der Waals surface area contributed by atoms with E-state index >= 15 is 0 Å². The molecule has 0 radical (unpaired) electrons. The summed E-state index contributed by atoms with van der Waals surface area (Å²) < 4.78 is 0. The van der Waals surface area contributed by atoms with Gasteiger partial charge in [-0.05, 0) is 30.2 Å². The average molecular weight is 193 g/mol. The van der Waals surface area contributed by atoms with Crippen molar-refractivity contribution in [2.75, 3.05) is 6.54 Å². The first-order chi connectivity index (χ1) is 6.36. The van der Waals surface area contributed by atoms with Gasteiger partial charge in [-0.25, -0.2) is 0 Å². The van der Waals surface area contributed by atoms with Crippen molar-refractivity contribution < 1.29 is 0 Å². The van der Waals surface area contributed by atoms with Crippen LogP contribution in [0.15, 0.2) is 29.4 Å². The Kier molecular flexibility index (Phi) is 2.41. The highest BCUT2D eigenvalue weighted by atomic mass is 35.5. The molecule has 0 amide bonds. The lowest BCUT2D eigenvalue weighted by molar-refractivity contribution is 1.01. The molecule has 0 aliphatic carbocycles. The molecule has 0 atom stereocenters. The van der Waals surface area contributed by atoms with Crippen LogP contribution in [0.4, 0.5) is 0 Å². The molecule has 0 N–H and O–H groups in total. The van der Waals surface area contributed by atoms with Crippen molar-refractivity contribution in [2.24, 2.45) is 4.99 Å². The fourth-order valence-electron chi connectivity index (χ4n) is 1.28. The fourth-order valence-corrected chi connectivity index (χ4v) is 1.44. The first-order valence-electron chi connectivity index (χ1n) is 4.17. The molecule has 13 heavy (non-hydrogen) atoms. The van der Waals surface area contributed by atoms with Crippen LogP contribution in [-0.2, 0) is 0 Å². The SMILES string of the molecule is Clc1ccnc(C2=CC=NCC2)c1. The van der Waals surface area contributed by atoms with Crippen LogP contribution in [0, 0.1) is 0 Å². The molecule has 0 spiro atoms. The van der Waals surface area contributed by atoms with Crippen molar-refractivity contribution in [3.8, 4) is 0 Å². The van der Waals surface area contributed by atoms with E-state index < -0.39 is 0 Å². The summed E-state index contributed by atoms with van der Waals surface area (Å²) in [4.78, 5) is 8.36. The van der Waals surface area contributed by atoms with E-state index in [1.807, 2.05) is 18.4 Å². The van der Waals surface area contributed by atoms with Gasteiger partial charge in [-0.15, -0.1) is 0 Å². The van der Waals surface area contributed by atoms with E-state index in [0.717, 1.165) is 23.7 Å². The maximum Gasteiger partial charge on any atom is 0.0677 e. The summed E-state index contributed by atoms with van der Waals surface area (Å²) in [5.74, 6) is 0. The van der Waals surface area contributed by atoms with Crippen LogP contribution in [0.1, 0.15) is 12.1 Å². The number of hydrogen-bond donors (Lipinski definition) is 0. The molecule has 1 aliphatic rings. The van der Waals surface area contributed by atoms with E-state index in [0.29, 0.717) is 0 Å². The normalized spacial score (nSPS) is 15.6. The van der Waals surface area contributed by atoms with E-state index in [1.165, 1.54) is 5.57 Å². The van der Waals surface area contributed by atoms with Gasteiger partial charge in [0.25, 0.3) is 0 Å². The molecule has 66 valence electrons. The molecule has 2 nitrogen and oxygen atoms in total. The minimum absolute atomic E-state index is 0.730. The fraction of sp³-hybridized carbons (Fsp3) is 0.200. The number of nitrogens with zero attached hydrogens (tertiary/aromatic N) is 2. The number of dihydropyridines is 1. The van der Waals surface area contributed by atoms with Gasteiger partial charge >= 0.3 is 0 Å². The van der Waals surface area contributed by atoms with Crippen LogP contribution >= 0.6 is 11.6 Å². The van der Waals surface area contributed by atoms with Gasteiger partial charge in [0, 0.05) is 24.0 Å². The Morgan fingerprint density at radius 2 is 2.31 bits per heavy atom. The zero-order valence-electron chi connectivity index (χ0n) is 7.07. The summed E-state index contributed by atoms with van der Waals surface area (Å²) in [5.41, 5.74) is 2.16. The highest BCUT2D eigenvalue weighted by Gasteiger charge is 2.04. The lowest BCUT2D eigenvalue weighted by Gasteiger charge is -2.07. The molecule has 0 bridgehead atoms. The van der Waals surface area contributed by atoms with Crippen molar-refractivity contribution in [3.05, 3.63) is 35.1 Å². The van der Waals surface area contributed by atoms with Gasteiger partial charge in [-0.1, -0.05) is 11.6 Å². The number of allylic oxidation sites excluding steroid dienone is 1. The highest BCUT2D eigenvalue weighted by Crippen LogP contribution is 2.20. The third-order valence-electron chi connectivity index (χ3n) is 1.94. The summed E-state index contributed by atoms with van der Waals surface area (Å²) in [6.45, 7) is 0.847. The number of aromatic nitrogens is 1. The van der Waals surface area contributed by atoms with Gasteiger partial charge in [-0.2, -0.15) is 0 Å². The zero-order chi connectivity index (χ0) is 9.10. The van der Waals surface area contributed by atoms with Crippen LogP contribution in [-0.4, -0.2) is 17.7 Å². The van der Waals surface area contributed by atoms with Crippen LogP contribution < -0.4 is 0 Å². The first kappa shape index (κ1) is 8.45. The smallest absolute Gasteiger partial charge is 0.0677 e. The summed E-state index contributed by atoms with van der Waals surface area (Å²) >= 11 is 5.86. The molecule has 3 heteroatoms. The van der Waals surface area contributed by atoms with E-state index in [9.17, 15) is 0 Å². The molecular weight excluding hydrogens is 184 g/mol. The van der Waals surface area contributed by atoms with E-state index in [4.69, 9.17) is 11.6 Å². The molecule has 0 aromatic carbocycles. The lowest BCUT2D eigenvalue weighted by Crippen LogP contribution is -1.96. The summed E-state index contributed by atoms with van der Waals surface area (Å²) in [6.07, 6.45) is 6.48. The second-order valence-electron chi connectivity index (χ2n) is 2.86. The number of pyridine rings is 1. The zero-order valence-corrected chi connectivity index (χ0v) is 7.83. The molecule has 0 saturated carbocycles. The molecule has 0 unspecified atom stereocenters. The third-order valence-corrected chi connectivity index (χ3v) is 2.18. The Hall–Kier alpha value is -1.15. The average Bonchev–Trinajstić information content (AvgIpc) is 2.19. The van der Waals surface area contributed by atoms with Crippen molar-refractivity contribution in [1.29, 1.82) is 0 Å². The maximum absolute atomic E-state index is 5.86. The summed E-state index contributed by atoms with van der Waals surface area (Å²) in [7, 11) is 0. The maximum atomic E-state index is 5.86. The summed E-state index contributed by atoms with van der Waals surface area (Å²) in [6, 6.07) is 3.66. The lowest BCUT2D eigenvalue weighted by atomic mass is 10.1. The Morgan fingerprint density at radius 3 is 3.00 bits per heavy atom. The van der Waals surface area contributed by atoms with E-state index in [1.54, 1.807) is 12.3 Å². The minimum atomic E-state index is 0.730. The van der Waals surface area contributed by atoms with Crippen LogP contribution in [0.25, 0.3) is 5.57 Å². The second kappa shape index (κ2) is 3.71. The van der Waals surface area contributed by atoms with Gasteiger partial charge in [-0.3, -0.25) is 9.98 Å². The third kappa shape index (κ3) is 1.95. The van der Waals surface area contributed by atoms with Crippen LogP contribution in [0.5, 0.6) is 0 Å². The molecule has 1 aromatic rings. The van der Waals surface area contributed by atoms with Gasteiger partial charge < -0.3 is 0 Å². The van der Waals surface area contributed by atoms with Crippen LogP contribution in [0.3, 0.4) is 0 Å². The van der Waals surface area contributed by atoms with Gasteiger partial charge in [0.05, 0.1) is 5.69 Å². The van der Waals surface area contributed by atoms with Crippen LogP contribution in [0.2, 0.25) is 5.02 Å². The number of halogens is 1. The topological polar surface area (TPSA) is 25.2 Å². The Labute approximate surface area is 82.0 Å². The highest BCUT2D eigenvalue weighted by molar-refractivity contribution is 6.30. The molecule has 0 fully saturated rings. The predicted octanol–water partition coefficient (Wildman–Crippen LogP) is 2.59. The quantitative estimate of drug-likeness (QED) is 0.672. The molecule has 1 aliphatic heterocycles. The number of rotatable bonds is 1. The van der Waals surface area contributed by atoms with Crippen molar-refractivity contribution >= 4 is 23.4 Å². The standard InChI is InChI=1S/C10H9ClN2/c11-9-3-6-13-10(7-9)8-1-4-12-5-2-8/h1,3-4,6-7H,2,5H2. The second-order valence-corrected chi connectivity index (χ2v) is 3.29. The Bertz CT molecular complexity index is 369. The first-order valence-corrected chi connectivity index (χ1v) is 4.55.